The van der Waals surface area contributed by atoms with E-state index in [-0.39, 0.29) is 6.04 Å². The average molecular weight is 284 g/mol. The predicted octanol–water partition coefficient (Wildman–Crippen LogP) is 3.39. The molecule has 0 heterocycles. The van der Waals surface area contributed by atoms with Crippen molar-refractivity contribution in [3.63, 3.8) is 0 Å². The molecular weight excluding hydrogens is 260 g/mol. The van der Waals surface area contributed by atoms with Gasteiger partial charge in [0, 0.05) is 25.3 Å². The van der Waals surface area contributed by atoms with Gasteiger partial charge >= 0.3 is 0 Å². The summed E-state index contributed by atoms with van der Waals surface area (Å²) in [6.07, 6.45) is 1.05. The number of benzene rings is 2. The zero-order valence-electron chi connectivity index (χ0n) is 13.0. The molecule has 3 heteroatoms. The van der Waals surface area contributed by atoms with Crippen LogP contribution in [0.4, 0.5) is 5.69 Å². The number of nitrogens with zero attached hydrogens (tertiary/aromatic N) is 1. The molecule has 0 aliphatic rings. The van der Waals surface area contributed by atoms with Gasteiger partial charge in [0.15, 0.2) is 0 Å². The molecule has 2 N–H and O–H groups in total. The van der Waals surface area contributed by atoms with Crippen molar-refractivity contribution in [1.29, 1.82) is 0 Å². The fourth-order valence-corrected chi connectivity index (χ4v) is 2.50. The molecule has 1 unspecified atom stereocenters. The normalized spacial score (nSPS) is 12.0. The Hall–Kier alpha value is -2.00. The van der Waals surface area contributed by atoms with Gasteiger partial charge in [0.05, 0.1) is 13.2 Å². The van der Waals surface area contributed by atoms with Crippen molar-refractivity contribution in [2.45, 2.75) is 19.4 Å². The molecule has 0 saturated carbocycles. The Labute approximate surface area is 127 Å². The Morgan fingerprint density at radius 3 is 2.43 bits per heavy atom. The molecule has 0 amide bonds. The topological polar surface area (TPSA) is 38.5 Å². The first kappa shape index (κ1) is 15.4. The fourth-order valence-electron chi connectivity index (χ4n) is 2.50. The molecule has 112 valence electrons. The maximum absolute atomic E-state index is 6.01. The van der Waals surface area contributed by atoms with Crippen LogP contribution in [0.3, 0.4) is 0 Å². The number of hydrogen-bond acceptors (Lipinski definition) is 3. The second-order valence-electron chi connectivity index (χ2n) is 5.16. The lowest BCUT2D eigenvalue weighted by molar-refractivity contribution is 0.414. The molecule has 0 aromatic heterocycles. The van der Waals surface area contributed by atoms with E-state index < -0.39 is 0 Å². The zero-order valence-corrected chi connectivity index (χ0v) is 13.0. The summed E-state index contributed by atoms with van der Waals surface area (Å²) in [5.41, 5.74) is 9.69. The van der Waals surface area contributed by atoms with E-state index in [4.69, 9.17) is 10.5 Å². The van der Waals surface area contributed by atoms with E-state index in [0.29, 0.717) is 6.54 Å². The van der Waals surface area contributed by atoms with Crippen LogP contribution in [0.5, 0.6) is 5.75 Å². The molecule has 2 rings (SSSR count). The Morgan fingerprint density at radius 2 is 1.86 bits per heavy atom. The minimum absolute atomic E-state index is 0.156. The average Bonchev–Trinajstić information content (AvgIpc) is 2.56. The van der Waals surface area contributed by atoms with E-state index in [2.05, 4.69) is 49.2 Å². The Morgan fingerprint density at radius 1 is 1.14 bits per heavy atom. The van der Waals surface area contributed by atoms with Crippen molar-refractivity contribution < 1.29 is 4.74 Å². The van der Waals surface area contributed by atoms with Crippen LogP contribution in [0, 0.1) is 0 Å². The highest BCUT2D eigenvalue weighted by Crippen LogP contribution is 2.27. The molecule has 0 radical (unpaired) electrons. The molecule has 0 fully saturated rings. The summed E-state index contributed by atoms with van der Waals surface area (Å²) >= 11 is 0. The standard InChI is InChI=1S/C18H24N2O/c1-4-14-8-10-15(11-9-14)18(13-19)20(2)16-6-5-7-17(12-16)21-3/h5-12,18H,4,13,19H2,1-3H3. The van der Waals surface area contributed by atoms with Crippen LogP contribution in [0.25, 0.3) is 0 Å². The summed E-state index contributed by atoms with van der Waals surface area (Å²) < 4.78 is 5.30. The van der Waals surface area contributed by atoms with Crippen molar-refractivity contribution in [3.8, 4) is 5.75 Å². The Balaban J connectivity index is 2.26. The van der Waals surface area contributed by atoms with E-state index in [0.717, 1.165) is 17.9 Å². The number of rotatable bonds is 6. The second-order valence-corrected chi connectivity index (χ2v) is 5.16. The van der Waals surface area contributed by atoms with Gasteiger partial charge in [-0.05, 0) is 29.7 Å². The van der Waals surface area contributed by atoms with Gasteiger partial charge in [-0.1, -0.05) is 37.3 Å². The van der Waals surface area contributed by atoms with Crippen LogP contribution in [0.15, 0.2) is 48.5 Å². The minimum atomic E-state index is 0.156. The van der Waals surface area contributed by atoms with Gasteiger partial charge in [-0.25, -0.2) is 0 Å². The number of hydrogen-bond donors (Lipinski definition) is 1. The SMILES string of the molecule is CCc1ccc(C(CN)N(C)c2cccc(OC)c2)cc1. The maximum Gasteiger partial charge on any atom is 0.120 e. The third-order valence-corrected chi connectivity index (χ3v) is 3.92. The third kappa shape index (κ3) is 3.56. The molecular formula is C18H24N2O. The number of aryl methyl sites for hydroxylation is 1. The van der Waals surface area contributed by atoms with Crippen LogP contribution in [0.1, 0.15) is 24.1 Å². The van der Waals surface area contributed by atoms with Crippen LogP contribution >= 0.6 is 0 Å². The third-order valence-electron chi connectivity index (χ3n) is 3.92. The minimum Gasteiger partial charge on any atom is -0.497 e. The van der Waals surface area contributed by atoms with Crippen LogP contribution in [-0.2, 0) is 6.42 Å². The van der Waals surface area contributed by atoms with Crippen LogP contribution in [0.2, 0.25) is 0 Å². The van der Waals surface area contributed by atoms with Gasteiger partial charge in [0.2, 0.25) is 0 Å². The zero-order chi connectivity index (χ0) is 15.2. The monoisotopic (exact) mass is 284 g/mol. The first-order valence-electron chi connectivity index (χ1n) is 7.35. The molecule has 3 nitrogen and oxygen atoms in total. The molecule has 2 aromatic rings. The molecule has 0 spiro atoms. The second kappa shape index (κ2) is 7.14. The van der Waals surface area contributed by atoms with Crippen molar-refractivity contribution in [3.05, 3.63) is 59.7 Å². The molecule has 2 aromatic carbocycles. The van der Waals surface area contributed by atoms with Gasteiger partial charge in [0.1, 0.15) is 5.75 Å². The van der Waals surface area contributed by atoms with Gasteiger partial charge in [-0.15, -0.1) is 0 Å². The largest absolute Gasteiger partial charge is 0.497 e. The molecule has 0 aliphatic heterocycles. The van der Waals surface area contributed by atoms with Gasteiger partial charge < -0.3 is 15.4 Å². The quantitative estimate of drug-likeness (QED) is 0.883. The summed E-state index contributed by atoms with van der Waals surface area (Å²) in [7, 11) is 3.75. The summed E-state index contributed by atoms with van der Waals surface area (Å²) in [5, 5.41) is 0. The van der Waals surface area contributed by atoms with Gasteiger partial charge in [0.25, 0.3) is 0 Å². The number of ether oxygens (including phenoxy) is 1. The maximum atomic E-state index is 6.01. The van der Waals surface area contributed by atoms with Crippen LogP contribution < -0.4 is 15.4 Å². The van der Waals surface area contributed by atoms with Crippen molar-refractivity contribution in [2.75, 3.05) is 25.6 Å². The molecule has 0 saturated heterocycles. The van der Waals surface area contributed by atoms with E-state index in [1.165, 1.54) is 11.1 Å². The first-order chi connectivity index (χ1) is 10.2. The lowest BCUT2D eigenvalue weighted by atomic mass is 10.0. The summed E-state index contributed by atoms with van der Waals surface area (Å²) in [4.78, 5) is 2.20. The summed E-state index contributed by atoms with van der Waals surface area (Å²) in [6.45, 7) is 2.73. The fraction of sp³-hybridized carbons (Fsp3) is 0.333. The van der Waals surface area contributed by atoms with E-state index in [1.807, 2.05) is 18.2 Å². The van der Waals surface area contributed by atoms with E-state index in [1.54, 1.807) is 7.11 Å². The number of anilines is 1. The smallest absolute Gasteiger partial charge is 0.120 e. The highest BCUT2D eigenvalue weighted by molar-refractivity contribution is 5.52. The predicted molar refractivity (Wildman–Crippen MR) is 89.0 cm³/mol. The molecule has 0 bridgehead atoms. The number of methoxy groups -OCH3 is 1. The highest BCUT2D eigenvalue weighted by Gasteiger charge is 2.16. The molecule has 1 atom stereocenters. The number of likely N-dealkylation sites (N-methyl/N-ethyl adjacent to an activating group) is 1. The highest BCUT2D eigenvalue weighted by atomic mass is 16.5. The van der Waals surface area contributed by atoms with E-state index in [9.17, 15) is 0 Å². The summed E-state index contributed by atoms with van der Waals surface area (Å²) in [5.74, 6) is 0.858. The first-order valence-corrected chi connectivity index (χ1v) is 7.35. The lowest BCUT2D eigenvalue weighted by Gasteiger charge is -2.30. The Bertz CT molecular complexity index is 566. The molecule has 0 aliphatic carbocycles. The van der Waals surface area contributed by atoms with Gasteiger partial charge in [-0.3, -0.25) is 0 Å². The van der Waals surface area contributed by atoms with Gasteiger partial charge in [-0.2, -0.15) is 0 Å². The van der Waals surface area contributed by atoms with Crippen molar-refractivity contribution >= 4 is 5.69 Å². The molecule has 21 heavy (non-hydrogen) atoms. The van der Waals surface area contributed by atoms with Crippen molar-refractivity contribution in [2.24, 2.45) is 5.73 Å². The van der Waals surface area contributed by atoms with E-state index >= 15 is 0 Å². The summed E-state index contributed by atoms with van der Waals surface area (Å²) in [6, 6.07) is 16.9. The number of nitrogens with two attached hydrogens (primary N) is 1. The lowest BCUT2D eigenvalue weighted by Crippen LogP contribution is -2.30. The van der Waals surface area contributed by atoms with Crippen LogP contribution in [-0.4, -0.2) is 20.7 Å². The Kier molecular flexibility index (Phi) is 5.23. The van der Waals surface area contributed by atoms with Crippen molar-refractivity contribution in [1.82, 2.24) is 0 Å².